The van der Waals surface area contributed by atoms with Gasteiger partial charge in [-0.2, -0.15) is 5.26 Å². The van der Waals surface area contributed by atoms with E-state index in [1.54, 1.807) is 6.20 Å². The van der Waals surface area contributed by atoms with Gasteiger partial charge in [0, 0.05) is 30.9 Å². The lowest BCUT2D eigenvalue weighted by molar-refractivity contribution is 0.388. The van der Waals surface area contributed by atoms with Crippen molar-refractivity contribution >= 4 is 34.3 Å². The third kappa shape index (κ3) is 3.02. The maximum Gasteiger partial charge on any atom is 0.147 e. The van der Waals surface area contributed by atoms with Gasteiger partial charge in [0.15, 0.2) is 0 Å². The van der Waals surface area contributed by atoms with Crippen LogP contribution in [0, 0.1) is 17.2 Å². The van der Waals surface area contributed by atoms with Gasteiger partial charge in [-0.3, -0.25) is 4.98 Å². The number of anilines is 2. The van der Waals surface area contributed by atoms with E-state index in [2.05, 4.69) is 25.8 Å². The predicted octanol–water partition coefficient (Wildman–Crippen LogP) is 3.66. The van der Waals surface area contributed by atoms with Gasteiger partial charge >= 0.3 is 0 Å². The number of hydrogen-bond donors (Lipinski definition) is 0. The van der Waals surface area contributed by atoms with Crippen LogP contribution in [0.25, 0.3) is 11.0 Å². The van der Waals surface area contributed by atoms with Crippen molar-refractivity contribution in [2.45, 2.75) is 18.9 Å². The van der Waals surface area contributed by atoms with Crippen molar-refractivity contribution in [1.82, 2.24) is 15.0 Å². The van der Waals surface area contributed by atoms with Crippen LogP contribution in [0.4, 0.5) is 11.6 Å². The molecule has 0 bridgehead atoms. The first-order valence-electron chi connectivity index (χ1n) is 9.51. The second-order valence-electron chi connectivity index (χ2n) is 7.42. The minimum atomic E-state index is 0.400. The lowest BCUT2D eigenvalue weighted by atomic mass is 9.92. The molecular formula is C21H19ClN6. The topological polar surface area (TPSA) is 68.9 Å². The van der Waals surface area contributed by atoms with Crippen molar-refractivity contribution in [2.75, 3.05) is 29.4 Å². The first-order valence-corrected chi connectivity index (χ1v) is 9.89. The summed E-state index contributed by atoms with van der Waals surface area (Å²) < 4.78 is 0. The zero-order valence-electron chi connectivity index (χ0n) is 15.3. The van der Waals surface area contributed by atoms with Gasteiger partial charge in [0.2, 0.25) is 0 Å². The normalized spacial score (nSPS) is 21.6. The molecule has 140 valence electrons. The maximum absolute atomic E-state index is 9.00. The summed E-state index contributed by atoms with van der Waals surface area (Å²) in [5, 5.41) is 9.68. The number of hydrogen-bond acceptors (Lipinski definition) is 6. The molecule has 2 saturated heterocycles. The number of piperidine rings is 1. The molecule has 7 heteroatoms. The van der Waals surface area contributed by atoms with E-state index in [9.17, 15) is 0 Å². The molecule has 0 N–H and O–H groups in total. The van der Waals surface area contributed by atoms with E-state index >= 15 is 0 Å². The number of nitrogens with zero attached hydrogens (tertiary/aromatic N) is 6. The van der Waals surface area contributed by atoms with Crippen LogP contribution < -0.4 is 9.80 Å². The lowest BCUT2D eigenvalue weighted by Crippen LogP contribution is -2.48. The zero-order valence-corrected chi connectivity index (χ0v) is 16.0. The quantitative estimate of drug-likeness (QED) is 0.665. The van der Waals surface area contributed by atoms with Crippen LogP contribution in [-0.4, -0.2) is 40.6 Å². The smallest absolute Gasteiger partial charge is 0.147 e. The van der Waals surface area contributed by atoms with E-state index in [0.717, 1.165) is 48.7 Å². The van der Waals surface area contributed by atoms with Crippen LogP contribution in [0.1, 0.15) is 18.4 Å². The van der Waals surface area contributed by atoms with E-state index in [1.807, 2.05) is 36.5 Å². The standard InChI is InChI=1S/C21H19ClN6/c22-16-2-3-17-18(9-16)24-12-21(26-17)27-7-5-15-6-8-28(19(15)13-27)20-4-1-14(10-23)11-25-20/h1-4,9,11-12,15,19H,5-8,13H2. The van der Waals surface area contributed by atoms with Gasteiger partial charge < -0.3 is 9.80 Å². The highest BCUT2D eigenvalue weighted by atomic mass is 35.5. The Morgan fingerprint density at radius 1 is 1.00 bits per heavy atom. The summed E-state index contributed by atoms with van der Waals surface area (Å²) in [6.45, 7) is 2.90. The number of rotatable bonds is 2. The molecule has 1 aromatic carbocycles. The van der Waals surface area contributed by atoms with Crippen LogP contribution >= 0.6 is 11.6 Å². The second-order valence-corrected chi connectivity index (χ2v) is 7.86. The summed E-state index contributed by atoms with van der Waals surface area (Å²) in [7, 11) is 0. The van der Waals surface area contributed by atoms with Gasteiger partial charge in [0.25, 0.3) is 0 Å². The first-order chi connectivity index (χ1) is 13.7. The van der Waals surface area contributed by atoms with Crippen molar-refractivity contribution in [1.29, 1.82) is 5.26 Å². The molecule has 2 aliphatic heterocycles. The van der Waals surface area contributed by atoms with Crippen molar-refractivity contribution < 1.29 is 0 Å². The molecule has 2 fully saturated rings. The maximum atomic E-state index is 9.00. The summed E-state index contributed by atoms with van der Waals surface area (Å²) in [6, 6.07) is 11.9. The van der Waals surface area contributed by atoms with Gasteiger partial charge in [-0.05, 0) is 49.1 Å². The van der Waals surface area contributed by atoms with Crippen LogP contribution in [0.15, 0.2) is 42.7 Å². The first kappa shape index (κ1) is 17.2. The van der Waals surface area contributed by atoms with Crippen LogP contribution in [0.3, 0.4) is 0 Å². The Morgan fingerprint density at radius 3 is 2.71 bits per heavy atom. The number of pyridine rings is 1. The fourth-order valence-corrected chi connectivity index (χ4v) is 4.55. The molecule has 4 heterocycles. The summed E-state index contributed by atoms with van der Waals surface area (Å²) in [5.41, 5.74) is 2.27. The monoisotopic (exact) mass is 390 g/mol. The highest BCUT2D eigenvalue weighted by molar-refractivity contribution is 6.31. The number of aromatic nitrogens is 3. The molecular weight excluding hydrogens is 372 g/mol. The fourth-order valence-electron chi connectivity index (χ4n) is 4.38. The predicted molar refractivity (Wildman–Crippen MR) is 110 cm³/mol. The molecule has 5 rings (SSSR count). The van der Waals surface area contributed by atoms with Crippen LogP contribution in [0.2, 0.25) is 5.02 Å². The number of nitriles is 1. The molecule has 6 nitrogen and oxygen atoms in total. The van der Waals surface area contributed by atoms with Crippen molar-refractivity contribution in [2.24, 2.45) is 5.92 Å². The molecule has 0 amide bonds. The molecule has 28 heavy (non-hydrogen) atoms. The van der Waals surface area contributed by atoms with Gasteiger partial charge in [-0.15, -0.1) is 0 Å². The van der Waals surface area contributed by atoms with E-state index in [4.69, 9.17) is 21.8 Å². The highest BCUT2D eigenvalue weighted by Crippen LogP contribution is 2.35. The molecule has 2 unspecified atom stereocenters. The fraction of sp³-hybridized carbons (Fsp3) is 0.333. The van der Waals surface area contributed by atoms with Gasteiger partial charge in [-0.1, -0.05) is 11.6 Å². The highest BCUT2D eigenvalue weighted by Gasteiger charge is 2.39. The summed E-state index contributed by atoms with van der Waals surface area (Å²) in [6.07, 6.45) is 5.82. The average molecular weight is 391 g/mol. The molecule has 0 saturated carbocycles. The molecule has 2 atom stereocenters. The van der Waals surface area contributed by atoms with Crippen molar-refractivity contribution in [3.05, 3.63) is 53.3 Å². The minimum Gasteiger partial charge on any atom is -0.353 e. The zero-order chi connectivity index (χ0) is 19.1. The average Bonchev–Trinajstić information content (AvgIpc) is 3.16. The number of fused-ring (bicyclic) bond motifs is 2. The Morgan fingerprint density at radius 2 is 1.89 bits per heavy atom. The third-order valence-electron chi connectivity index (χ3n) is 5.85. The van der Waals surface area contributed by atoms with Gasteiger partial charge in [0.05, 0.1) is 28.8 Å². The largest absolute Gasteiger partial charge is 0.353 e. The Balaban J connectivity index is 1.40. The Bertz CT molecular complexity index is 1060. The molecule has 0 spiro atoms. The van der Waals surface area contributed by atoms with Crippen molar-refractivity contribution in [3.8, 4) is 6.07 Å². The molecule has 3 aromatic rings. The molecule has 2 aliphatic rings. The number of benzene rings is 1. The van der Waals surface area contributed by atoms with Crippen LogP contribution in [0.5, 0.6) is 0 Å². The second kappa shape index (κ2) is 6.92. The minimum absolute atomic E-state index is 0.400. The summed E-state index contributed by atoms with van der Waals surface area (Å²) in [5.74, 6) is 2.53. The van der Waals surface area contributed by atoms with E-state index in [1.165, 1.54) is 6.42 Å². The SMILES string of the molecule is N#Cc1ccc(N2CCC3CCN(c4cnc5cc(Cl)ccc5n4)CC32)nc1. The van der Waals surface area contributed by atoms with E-state index < -0.39 is 0 Å². The van der Waals surface area contributed by atoms with Crippen LogP contribution in [-0.2, 0) is 0 Å². The lowest BCUT2D eigenvalue weighted by Gasteiger charge is -2.39. The molecule has 0 aliphatic carbocycles. The van der Waals surface area contributed by atoms with Gasteiger partial charge in [0.1, 0.15) is 17.7 Å². The molecule has 0 radical (unpaired) electrons. The van der Waals surface area contributed by atoms with Crippen molar-refractivity contribution in [3.63, 3.8) is 0 Å². The number of halogens is 1. The Kier molecular flexibility index (Phi) is 4.25. The molecule has 2 aromatic heterocycles. The Labute approximate surface area is 168 Å². The Hall–Kier alpha value is -2.91. The summed E-state index contributed by atoms with van der Waals surface area (Å²) >= 11 is 6.05. The third-order valence-corrected chi connectivity index (χ3v) is 6.08. The van der Waals surface area contributed by atoms with E-state index in [-0.39, 0.29) is 0 Å². The summed E-state index contributed by atoms with van der Waals surface area (Å²) in [4.78, 5) is 18.6. The van der Waals surface area contributed by atoms with Gasteiger partial charge in [-0.25, -0.2) is 9.97 Å². The van der Waals surface area contributed by atoms with E-state index in [0.29, 0.717) is 22.5 Å².